The Labute approximate surface area is 205 Å². The minimum absolute atomic E-state index is 0.0542. The molecule has 0 aromatic heterocycles. The molecule has 1 aliphatic rings. The topological polar surface area (TPSA) is 88.2 Å². The molecule has 0 fully saturated rings. The number of aryl methyl sites for hydroxylation is 1. The molecule has 2 N–H and O–H groups in total. The first kappa shape index (κ1) is 24.1. The van der Waals surface area contributed by atoms with Crippen molar-refractivity contribution in [3.05, 3.63) is 82.4 Å². The molecule has 1 atom stereocenters. The summed E-state index contributed by atoms with van der Waals surface area (Å²) >= 11 is 6.44. The zero-order chi connectivity index (χ0) is 24.6. The van der Waals surface area contributed by atoms with E-state index in [-0.39, 0.29) is 10.9 Å². The quantitative estimate of drug-likeness (QED) is 0.531. The van der Waals surface area contributed by atoms with Crippen LogP contribution in [0.2, 0.25) is 5.02 Å². The Morgan fingerprint density at radius 2 is 1.74 bits per heavy atom. The number of halogens is 1. The molecule has 0 amide bonds. The second kappa shape index (κ2) is 9.29. The lowest BCUT2D eigenvalue weighted by molar-refractivity contribution is 0.413. The highest BCUT2D eigenvalue weighted by molar-refractivity contribution is 7.89. The van der Waals surface area contributed by atoms with E-state index < -0.39 is 10.0 Å². The molecule has 34 heavy (non-hydrogen) atoms. The van der Waals surface area contributed by atoms with E-state index in [1.807, 2.05) is 43.1 Å². The lowest BCUT2D eigenvalue weighted by Gasteiger charge is -2.24. The fraction of sp³-hybridized carbons (Fsp3) is 0.240. The molecule has 3 aromatic rings. The molecule has 178 valence electrons. The highest BCUT2D eigenvalue weighted by atomic mass is 35.5. The van der Waals surface area contributed by atoms with Crippen molar-refractivity contribution in [2.24, 2.45) is 10.2 Å². The van der Waals surface area contributed by atoms with E-state index in [0.717, 1.165) is 33.8 Å². The van der Waals surface area contributed by atoms with Gasteiger partial charge in [-0.1, -0.05) is 23.7 Å². The molecular formula is C25H27ClN4O3S. The smallest absolute Gasteiger partial charge is 0.238 e. The SMILES string of the molecule is COc1cc(C)c(Cl)cc1C1=NN(c2ccc(S(N)(=O)=O)cc2)C(c2ccc(N(C)C)cc2)C1. The van der Waals surface area contributed by atoms with Crippen LogP contribution in [0.5, 0.6) is 5.75 Å². The van der Waals surface area contributed by atoms with Gasteiger partial charge in [0, 0.05) is 36.8 Å². The second-order valence-corrected chi connectivity index (χ2v) is 10.4. The average Bonchev–Trinajstić information content (AvgIpc) is 3.25. The Hall–Kier alpha value is -3.07. The number of benzene rings is 3. The molecule has 0 bridgehead atoms. The maximum Gasteiger partial charge on any atom is 0.238 e. The van der Waals surface area contributed by atoms with E-state index in [1.165, 1.54) is 12.1 Å². The fourth-order valence-electron chi connectivity index (χ4n) is 4.00. The van der Waals surface area contributed by atoms with Crippen LogP contribution >= 0.6 is 11.6 Å². The predicted octanol–water partition coefficient (Wildman–Crippen LogP) is 4.73. The summed E-state index contributed by atoms with van der Waals surface area (Å²) in [6, 6.07) is 18.4. The molecule has 4 rings (SSSR count). The third-order valence-corrected chi connectivity index (χ3v) is 7.26. The van der Waals surface area contributed by atoms with Crippen LogP contribution in [0.15, 0.2) is 70.7 Å². The van der Waals surface area contributed by atoms with Gasteiger partial charge in [0.2, 0.25) is 10.0 Å². The maximum atomic E-state index is 11.7. The molecule has 9 heteroatoms. The van der Waals surface area contributed by atoms with Crippen LogP contribution in [0.4, 0.5) is 11.4 Å². The molecule has 0 aliphatic carbocycles. The molecule has 0 saturated carbocycles. The Kier molecular flexibility index (Phi) is 6.58. The van der Waals surface area contributed by atoms with Gasteiger partial charge >= 0.3 is 0 Å². The van der Waals surface area contributed by atoms with Gasteiger partial charge in [-0.2, -0.15) is 5.10 Å². The van der Waals surface area contributed by atoms with Crippen molar-refractivity contribution in [1.29, 1.82) is 0 Å². The molecule has 1 unspecified atom stereocenters. The van der Waals surface area contributed by atoms with Crippen molar-refractivity contribution in [2.45, 2.75) is 24.3 Å². The number of nitrogens with two attached hydrogens (primary N) is 1. The van der Waals surface area contributed by atoms with Crippen LogP contribution in [0.25, 0.3) is 0 Å². The summed E-state index contributed by atoms with van der Waals surface area (Å²) in [6.45, 7) is 1.93. The summed E-state index contributed by atoms with van der Waals surface area (Å²) in [4.78, 5) is 2.10. The first-order valence-electron chi connectivity index (χ1n) is 10.7. The van der Waals surface area contributed by atoms with E-state index in [2.05, 4.69) is 24.3 Å². The zero-order valence-electron chi connectivity index (χ0n) is 19.5. The zero-order valence-corrected chi connectivity index (χ0v) is 21.1. The van der Waals surface area contributed by atoms with Crippen molar-refractivity contribution >= 4 is 38.7 Å². The molecule has 0 spiro atoms. The first-order valence-corrected chi connectivity index (χ1v) is 12.6. The van der Waals surface area contributed by atoms with E-state index in [4.69, 9.17) is 26.6 Å². The fourth-order valence-corrected chi connectivity index (χ4v) is 4.68. The minimum Gasteiger partial charge on any atom is -0.496 e. The molecule has 3 aromatic carbocycles. The van der Waals surface area contributed by atoms with E-state index in [9.17, 15) is 8.42 Å². The molecule has 1 heterocycles. The summed E-state index contributed by atoms with van der Waals surface area (Å²) in [5.74, 6) is 0.703. The number of methoxy groups -OCH3 is 1. The number of anilines is 2. The first-order chi connectivity index (χ1) is 16.1. The normalized spacial score (nSPS) is 15.9. The van der Waals surface area contributed by atoms with Gasteiger partial charge in [0.05, 0.1) is 29.4 Å². The van der Waals surface area contributed by atoms with Crippen LogP contribution in [0.1, 0.15) is 29.2 Å². The van der Waals surface area contributed by atoms with Gasteiger partial charge in [-0.3, -0.25) is 5.01 Å². The van der Waals surface area contributed by atoms with Gasteiger partial charge in [0.1, 0.15) is 5.75 Å². The van der Waals surface area contributed by atoms with Crippen molar-refractivity contribution < 1.29 is 13.2 Å². The lowest BCUT2D eigenvalue weighted by Crippen LogP contribution is -2.19. The van der Waals surface area contributed by atoms with Crippen LogP contribution in [0.3, 0.4) is 0 Å². The Bertz CT molecular complexity index is 1340. The van der Waals surface area contributed by atoms with Crippen LogP contribution in [0, 0.1) is 6.92 Å². The summed E-state index contributed by atoms with van der Waals surface area (Å²) in [5.41, 5.74) is 5.51. The standard InChI is InChI=1S/C25H27ClN4O3S/c1-16-13-25(33-4)21(14-22(16)26)23-15-24(17-5-7-18(8-6-17)29(2)3)30(28-23)19-9-11-20(12-10-19)34(27,31)32/h5-14,24H,15H2,1-4H3,(H2,27,31,32). The largest absolute Gasteiger partial charge is 0.496 e. The number of primary sulfonamides is 1. The average molecular weight is 499 g/mol. The number of rotatable bonds is 6. The van der Waals surface area contributed by atoms with E-state index in [0.29, 0.717) is 17.2 Å². The van der Waals surface area contributed by atoms with Gasteiger partial charge in [0.25, 0.3) is 0 Å². The number of hydrogen-bond acceptors (Lipinski definition) is 6. The van der Waals surface area contributed by atoms with Crippen molar-refractivity contribution in [3.8, 4) is 5.75 Å². The molecule has 7 nitrogen and oxygen atoms in total. The van der Waals surface area contributed by atoms with Crippen molar-refractivity contribution in [1.82, 2.24) is 0 Å². The van der Waals surface area contributed by atoms with Gasteiger partial charge in [-0.05, 0) is 66.6 Å². The highest BCUT2D eigenvalue weighted by Gasteiger charge is 2.31. The summed E-state index contributed by atoms with van der Waals surface area (Å²) in [5, 5.41) is 12.8. The number of nitrogens with zero attached hydrogens (tertiary/aromatic N) is 3. The molecular weight excluding hydrogens is 472 g/mol. The van der Waals surface area contributed by atoms with Gasteiger partial charge in [0.15, 0.2) is 0 Å². The molecule has 0 saturated heterocycles. The number of sulfonamides is 1. The summed E-state index contributed by atoms with van der Waals surface area (Å²) in [7, 11) is 1.84. The van der Waals surface area contributed by atoms with Crippen molar-refractivity contribution in [2.75, 3.05) is 31.1 Å². The monoisotopic (exact) mass is 498 g/mol. The summed E-state index contributed by atoms with van der Waals surface area (Å²) < 4.78 is 29.0. The Balaban J connectivity index is 1.79. The molecule has 0 radical (unpaired) electrons. The van der Waals surface area contributed by atoms with Crippen LogP contribution < -0.4 is 19.8 Å². The van der Waals surface area contributed by atoms with Crippen LogP contribution in [-0.2, 0) is 10.0 Å². The highest BCUT2D eigenvalue weighted by Crippen LogP contribution is 2.39. The second-order valence-electron chi connectivity index (χ2n) is 8.44. The van der Waals surface area contributed by atoms with E-state index in [1.54, 1.807) is 19.2 Å². The van der Waals surface area contributed by atoms with E-state index >= 15 is 0 Å². The van der Waals surface area contributed by atoms with Crippen molar-refractivity contribution in [3.63, 3.8) is 0 Å². The predicted molar refractivity (Wildman–Crippen MR) is 138 cm³/mol. The number of hydrazone groups is 1. The minimum atomic E-state index is -3.78. The Morgan fingerprint density at radius 3 is 2.29 bits per heavy atom. The third-order valence-electron chi connectivity index (χ3n) is 5.93. The van der Waals surface area contributed by atoms with Crippen LogP contribution in [-0.4, -0.2) is 35.3 Å². The molecule has 1 aliphatic heterocycles. The van der Waals surface area contributed by atoms with Gasteiger partial charge in [-0.15, -0.1) is 0 Å². The lowest BCUT2D eigenvalue weighted by atomic mass is 9.97. The number of hydrogen-bond donors (Lipinski definition) is 1. The van der Waals surface area contributed by atoms with Gasteiger partial charge < -0.3 is 9.64 Å². The maximum absolute atomic E-state index is 11.7. The number of ether oxygens (including phenoxy) is 1. The Morgan fingerprint density at radius 1 is 1.09 bits per heavy atom. The van der Waals surface area contributed by atoms with Gasteiger partial charge in [-0.25, -0.2) is 13.6 Å². The summed E-state index contributed by atoms with van der Waals surface area (Å²) in [6.07, 6.45) is 0.619. The third kappa shape index (κ3) is 4.75.